The molecular formula is C14H18N2O4. The average molecular weight is 278 g/mol. The molecule has 6 nitrogen and oxygen atoms in total. The number of Topliss-reactive ketones (excluding diaryl/α,β-unsaturated/α-hetero) is 1. The van der Waals surface area contributed by atoms with Crippen LogP contribution >= 0.6 is 0 Å². The minimum Gasteiger partial charge on any atom is -0.396 e. The van der Waals surface area contributed by atoms with Gasteiger partial charge in [-0.1, -0.05) is 0 Å². The van der Waals surface area contributed by atoms with Crippen LogP contribution in [0.1, 0.15) is 30.1 Å². The molecule has 0 amide bonds. The van der Waals surface area contributed by atoms with Crippen LogP contribution in [0.4, 0.5) is 11.4 Å². The number of aliphatic hydroxyl groups excluding tert-OH is 1. The van der Waals surface area contributed by atoms with Crippen molar-refractivity contribution >= 4 is 17.2 Å². The Kier molecular flexibility index (Phi) is 4.34. The summed E-state index contributed by atoms with van der Waals surface area (Å²) in [6, 6.07) is 4.62. The van der Waals surface area contributed by atoms with Crippen molar-refractivity contribution in [2.45, 2.75) is 19.8 Å². The Bertz CT molecular complexity index is 522. The van der Waals surface area contributed by atoms with Gasteiger partial charge in [0, 0.05) is 31.3 Å². The number of rotatable bonds is 4. The summed E-state index contributed by atoms with van der Waals surface area (Å²) in [6.07, 6.45) is 1.64. The number of carbonyl (C=O) groups is 1. The molecule has 0 saturated carbocycles. The Hall–Kier alpha value is -1.95. The molecule has 1 saturated heterocycles. The molecule has 2 rings (SSSR count). The summed E-state index contributed by atoms with van der Waals surface area (Å²) in [4.78, 5) is 24.0. The molecule has 108 valence electrons. The van der Waals surface area contributed by atoms with E-state index in [0.29, 0.717) is 24.3 Å². The van der Waals surface area contributed by atoms with E-state index in [1.165, 1.54) is 13.0 Å². The SMILES string of the molecule is CC(=O)c1ccc(N2CCC(CO)CC2)c([N+](=O)[O-])c1. The Labute approximate surface area is 117 Å². The predicted octanol–water partition coefficient (Wildman–Crippen LogP) is 2.01. The summed E-state index contributed by atoms with van der Waals surface area (Å²) in [5.41, 5.74) is 0.877. The second kappa shape index (κ2) is 6.00. The number of nitrogens with zero attached hydrogens (tertiary/aromatic N) is 2. The van der Waals surface area contributed by atoms with Crippen molar-refractivity contribution in [3.05, 3.63) is 33.9 Å². The maximum atomic E-state index is 11.3. The highest BCUT2D eigenvalue weighted by atomic mass is 16.6. The first-order chi connectivity index (χ1) is 9.52. The van der Waals surface area contributed by atoms with Gasteiger partial charge in [0.05, 0.1) is 4.92 Å². The molecule has 6 heteroatoms. The average Bonchev–Trinajstić information content (AvgIpc) is 2.46. The molecule has 0 unspecified atom stereocenters. The lowest BCUT2D eigenvalue weighted by molar-refractivity contribution is -0.384. The van der Waals surface area contributed by atoms with E-state index in [1.54, 1.807) is 12.1 Å². The number of piperidine rings is 1. The van der Waals surface area contributed by atoms with Crippen LogP contribution in [0.15, 0.2) is 18.2 Å². The fraction of sp³-hybridized carbons (Fsp3) is 0.500. The van der Waals surface area contributed by atoms with Crippen LogP contribution in [-0.2, 0) is 0 Å². The standard InChI is InChI=1S/C14H18N2O4/c1-10(18)12-2-3-13(14(8-12)16(19)20)15-6-4-11(9-17)5-7-15/h2-3,8,11,17H,4-7,9H2,1H3. The lowest BCUT2D eigenvalue weighted by Gasteiger charge is -2.32. The van der Waals surface area contributed by atoms with E-state index in [9.17, 15) is 14.9 Å². The van der Waals surface area contributed by atoms with Crippen LogP contribution in [0.25, 0.3) is 0 Å². The van der Waals surface area contributed by atoms with Gasteiger partial charge in [-0.05, 0) is 37.8 Å². The highest BCUT2D eigenvalue weighted by Gasteiger charge is 2.25. The molecule has 1 N–H and O–H groups in total. The summed E-state index contributed by atoms with van der Waals surface area (Å²) in [5.74, 6) is 0.0976. The monoisotopic (exact) mass is 278 g/mol. The van der Waals surface area contributed by atoms with Gasteiger partial charge in [-0.15, -0.1) is 0 Å². The molecule has 0 atom stereocenters. The molecule has 1 aliphatic heterocycles. The normalized spacial score (nSPS) is 16.2. The third kappa shape index (κ3) is 2.96. The topological polar surface area (TPSA) is 83.7 Å². The first kappa shape index (κ1) is 14.5. The third-order valence-electron chi connectivity index (χ3n) is 3.79. The number of hydrogen-bond acceptors (Lipinski definition) is 5. The van der Waals surface area contributed by atoms with Crippen molar-refractivity contribution in [3.8, 4) is 0 Å². The quantitative estimate of drug-likeness (QED) is 0.517. The molecule has 0 aromatic heterocycles. The van der Waals surface area contributed by atoms with Crippen molar-refractivity contribution in [3.63, 3.8) is 0 Å². The van der Waals surface area contributed by atoms with Crippen LogP contribution in [0.5, 0.6) is 0 Å². The zero-order chi connectivity index (χ0) is 14.7. The number of hydrogen-bond donors (Lipinski definition) is 1. The lowest BCUT2D eigenvalue weighted by Crippen LogP contribution is -2.35. The number of aliphatic hydroxyl groups is 1. The van der Waals surface area contributed by atoms with Crippen LogP contribution in [0, 0.1) is 16.0 Å². The Morgan fingerprint density at radius 2 is 2.10 bits per heavy atom. The number of carbonyl (C=O) groups excluding carboxylic acids is 1. The van der Waals surface area contributed by atoms with Gasteiger partial charge >= 0.3 is 0 Å². The van der Waals surface area contributed by atoms with Gasteiger partial charge in [0.15, 0.2) is 5.78 Å². The fourth-order valence-corrected chi connectivity index (χ4v) is 2.51. The summed E-state index contributed by atoms with van der Waals surface area (Å²) in [5, 5.41) is 20.3. The van der Waals surface area contributed by atoms with Gasteiger partial charge in [0.1, 0.15) is 5.69 Å². The van der Waals surface area contributed by atoms with E-state index in [4.69, 9.17) is 5.11 Å². The summed E-state index contributed by atoms with van der Waals surface area (Å²) in [6.45, 7) is 2.93. The molecule has 1 fully saturated rings. The minimum absolute atomic E-state index is 0.0276. The zero-order valence-electron chi connectivity index (χ0n) is 11.4. The van der Waals surface area contributed by atoms with Crippen LogP contribution < -0.4 is 4.90 Å². The highest BCUT2D eigenvalue weighted by Crippen LogP contribution is 2.32. The number of ketones is 1. The molecule has 0 spiro atoms. The first-order valence-electron chi connectivity index (χ1n) is 6.68. The molecule has 1 aromatic carbocycles. The number of benzene rings is 1. The summed E-state index contributed by atoms with van der Waals surface area (Å²) in [7, 11) is 0. The molecular weight excluding hydrogens is 260 g/mol. The Morgan fingerprint density at radius 3 is 2.60 bits per heavy atom. The van der Waals surface area contributed by atoms with E-state index < -0.39 is 4.92 Å². The van der Waals surface area contributed by atoms with E-state index >= 15 is 0 Å². The molecule has 20 heavy (non-hydrogen) atoms. The Balaban J connectivity index is 2.27. The smallest absolute Gasteiger partial charge is 0.293 e. The van der Waals surface area contributed by atoms with Crippen molar-refractivity contribution in [2.24, 2.45) is 5.92 Å². The van der Waals surface area contributed by atoms with E-state index in [1.807, 2.05) is 4.90 Å². The van der Waals surface area contributed by atoms with Crippen molar-refractivity contribution in [1.82, 2.24) is 0 Å². The second-order valence-electron chi connectivity index (χ2n) is 5.13. The molecule has 1 aromatic rings. The van der Waals surface area contributed by atoms with Gasteiger partial charge in [-0.3, -0.25) is 14.9 Å². The van der Waals surface area contributed by atoms with Gasteiger partial charge < -0.3 is 10.0 Å². The first-order valence-corrected chi connectivity index (χ1v) is 6.68. The van der Waals surface area contributed by atoms with Crippen molar-refractivity contribution in [2.75, 3.05) is 24.6 Å². The van der Waals surface area contributed by atoms with E-state index in [2.05, 4.69) is 0 Å². The molecule has 0 aliphatic carbocycles. The second-order valence-corrected chi connectivity index (χ2v) is 5.13. The lowest BCUT2D eigenvalue weighted by atomic mass is 9.97. The number of anilines is 1. The summed E-state index contributed by atoms with van der Waals surface area (Å²) >= 11 is 0. The van der Waals surface area contributed by atoms with Crippen LogP contribution in [0.2, 0.25) is 0 Å². The molecule has 1 heterocycles. The molecule has 0 radical (unpaired) electrons. The molecule has 1 aliphatic rings. The van der Waals surface area contributed by atoms with Crippen LogP contribution in [0.3, 0.4) is 0 Å². The summed E-state index contributed by atoms with van der Waals surface area (Å²) < 4.78 is 0. The van der Waals surface area contributed by atoms with Gasteiger partial charge in [-0.25, -0.2) is 0 Å². The van der Waals surface area contributed by atoms with E-state index in [-0.39, 0.29) is 24.0 Å². The Morgan fingerprint density at radius 1 is 1.45 bits per heavy atom. The largest absolute Gasteiger partial charge is 0.396 e. The number of nitro groups is 1. The molecule has 0 bridgehead atoms. The van der Waals surface area contributed by atoms with Gasteiger partial charge in [0.2, 0.25) is 0 Å². The third-order valence-corrected chi connectivity index (χ3v) is 3.79. The maximum Gasteiger partial charge on any atom is 0.293 e. The zero-order valence-corrected chi connectivity index (χ0v) is 11.4. The van der Waals surface area contributed by atoms with E-state index in [0.717, 1.165) is 12.8 Å². The maximum absolute atomic E-state index is 11.3. The van der Waals surface area contributed by atoms with Crippen LogP contribution in [-0.4, -0.2) is 35.5 Å². The van der Waals surface area contributed by atoms with Gasteiger partial charge in [0.25, 0.3) is 5.69 Å². The minimum atomic E-state index is -0.445. The fourth-order valence-electron chi connectivity index (χ4n) is 2.51. The highest BCUT2D eigenvalue weighted by molar-refractivity contribution is 5.95. The van der Waals surface area contributed by atoms with Crippen molar-refractivity contribution in [1.29, 1.82) is 0 Å². The predicted molar refractivity (Wildman–Crippen MR) is 75.1 cm³/mol. The van der Waals surface area contributed by atoms with Gasteiger partial charge in [-0.2, -0.15) is 0 Å². The van der Waals surface area contributed by atoms with Crippen molar-refractivity contribution < 1.29 is 14.8 Å². The number of nitro benzene ring substituents is 1.